The first kappa shape index (κ1) is 15.3. The normalized spacial score (nSPS) is 13.6. The summed E-state index contributed by atoms with van der Waals surface area (Å²) in [7, 11) is 0. The molecule has 2 amide bonds. The van der Waals surface area contributed by atoms with E-state index in [-0.39, 0.29) is 11.8 Å². The van der Waals surface area contributed by atoms with E-state index in [2.05, 4.69) is 13.8 Å². The van der Waals surface area contributed by atoms with Crippen molar-refractivity contribution < 1.29 is 14.3 Å². The van der Waals surface area contributed by atoms with Crippen LogP contribution >= 0.6 is 0 Å². The molecule has 2 aromatic carbocycles. The Balaban J connectivity index is 1.76. The molecule has 0 aliphatic carbocycles. The summed E-state index contributed by atoms with van der Waals surface area (Å²) in [5.41, 5.74) is 1.47. The molecule has 0 N–H and O–H groups in total. The highest BCUT2D eigenvalue weighted by molar-refractivity contribution is 6.34. The molecular weight excluding hydrogens is 290 g/mol. The van der Waals surface area contributed by atoms with Crippen LogP contribution in [0.5, 0.6) is 5.75 Å². The van der Waals surface area contributed by atoms with E-state index in [9.17, 15) is 9.59 Å². The number of hydrogen-bond donors (Lipinski definition) is 0. The van der Waals surface area contributed by atoms with Crippen molar-refractivity contribution in [3.63, 3.8) is 0 Å². The van der Waals surface area contributed by atoms with Crippen molar-refractivity contribution in [2.45, 2.75) is 20.3 Å². The van der Waals surface area contributed by atoms with Gasteiger partial charge in [-0.1, -0.05) is 26.0 Å². The second kappa shape index (κ2) is 6.24. The van der Waals surface area contributed by atoms with Gasteiger partial charge in [-0.15, -0.1) is 0 Å². The summed E-state index contributed by atoms with van der Waals surface area (Å²) >= 11 is 0. The van der Waals surface area contributed by atoms with Gasteiger partial charge >= 0.3 is 0 Å². The fourth-order valence-electron chi connectivity index (χ4n) is 2.53. The van der Waals surface area contributed by atoms with Crippen LogP contribution < -0.4 is 9.64 Å². The molecule has 0 bridgehead atoms. The molecular formula is C19H19NO3. The average molecular weight is 309 g/mol. The van der Waals surface area contributed by atoms with Crippen LogP contribution in [-0.4, -0.2) is 18.4 Å². The van der Waals surface area contributed by atoms with Crippen LogP contribution in [0.25, 0.3) is 0 Å². The number of carbonyl (C=O) groups is 2. The molecule has 0 fully saturated rings. The quantitative estimate of drug-likeness (QED) is 0.787. The summed E-state index contributed by atoms with van der Waals surface area (Å²) < 4.78 is 5.66. The molecule has 0 atom stereocenters. The molecule has 23 heavy (non-hydrogen) atoms. The van der Waals surface area contributed by atoms with Crippen molar-refractivity contribution in [2.24, 2.45) is 5.92 Å². The number of amides is 2. The Bertz CT molecular complexity index is 700. The highest BCUT2D eigenvalue weighted by Crippen LogP contribution is 2.29. The zero-order chi connectivity index (χ0) is 16.4. The molecule has 0 saturated heterocycles. The molecule has 4 nitrogen and oxygen atoms in total. The number of rotatable bonds is 5. The third-order valence-corrected chi connectivity index (χ3v) is 3.85. The molecule has 0 radical (unpaired) electrons. The second-order valence-corrected chi connectivity index (χ2v) is 6.02. The van der Waals surface area contributed by atoms with Crippen LogP contribution in [0, 0.1) is 5.92 Å². The first-order valence-corrected chi connectivity index (χ1v) is 7.78. The molecule has 1 aliphatic heterocycles. The van der Waals surface area contributed by atoms with E-state index in [0.717, 1.165) is 12.2 Å². The highest BCUT2D eigenvalue weighted by atomic mass is 16.5. The van der Waals surface area contributed by atoms with Gasteiger partial charge in [-0.3, -0.25) is 9.59 Å². The fraction of sp³-hybridized carbons (Fsp3) is 0.263. The predicted octanol–water partition coefficient (Wildman–Crippen LogP) is 3.91. The van der Waals surface area contributed by atoms with E-state index in [4.69, 9.17) is 4.74 Å². The van der Waals surface area contributed by atoms with Crippen LogP contribution in [0.15, 0.2) is 48.5 Å². The molecule has 0 spiro atoms. The number of nitrogens with zero attached hydrogens (tertiary/aromatic N) is 1. The van der Waals surface area contributed by atoms with E-state index < -0.39 is 0 Å². The summed E-state index contributed by atoms with van der Waals surface area (Å²) in [5, 5.41) is 0. The monoisotopic (exact) mass is 309 g/mol. The van der Waals surface area contributed by atoms with Gasteiger partial charge in [0.2, 0.25) is 0 Å². The van der Waals surface area contributed by atoms with E-state index in [1.807, 2.05) is 0 Å². The van der Waals surface area contributed by atoms with E-state index in [1.54, 1.807) is 48.5 Å². The smallest absolute Gasteiger partial charge is 0.266 e. The molecule has 118 valence electrons. The minimum absolute atomic E-state index is 0.279. The number of ether oxygens (including phenoxy) is 1. The first-order valence-electron chi connectivity index (χ1n) is 7.78. The molecule has 1 aliphatic rings. The minimum Gasteiger partial charge on any atom is -0.494 e. The van der Waals surface area contributed by atoms with E-state index in [1.165, 1.54) is 4.90 Å². The van der Waals surface area contributed by atoms with E-state index >= 15 is 0 Å². The zero-order valence-electron chi connectivity index (χ0n) is 13.3. The largest absolute Gasteiger partial charge is 0.494 e. The number of hydrogen-bond acceptors (Lipinski definition) is 3. The maximum absolute atomic E-state index is 12.4. The lowest BCUT2D eigenvalue weighted by molar-refractivity contribution is 0.0926. The van der Waals surface area contributed by atoms with Crippen molar-refractivity contribution >= 4 is 17.5 Å². The topological polar surface area (TPSA) is 46.6 Å². The van der Waals surface area contributed by atoms with Gasteiger partial charge in [0.1, 0.15) is 5.75 Å². The van der Waals surface area contributed by atoms with Crippen molar-refractivity contribution in [1.29, 1.82) is 0 Å². The van der Waals surface area contributed by atoms with Gasteiger partial charge in [-0.25, -0.2) is 4.90 Å². The number of imide groups is 1. The number of carbonyl (C=O) groups excluding carboxylic acids is 2. The van der Waals surface area contributed by atoms with Crippen molar-refractivity contribution in [3.8, 4) is 5.75 Å². The molecule has 0 aromatic heterocycles. The van der Waals surface area contributed by atoms with Crippen LogP contribution in [-0.2, 0) is 0 Å². The number of fused-ring (bicyclic) bond motifs is 1. The Morgan fingerprint density at radius 2 is 1.48 bits per heavy atom. The van der Waals surface area contributed by atoms with Crippen molar-refractivity contribution in [1.82, 2.24) is 0 Å². The maximum Gasteiger partial charge on any atom is 0.266 e. The van der Waals surface area contributed by atoms with Crippen LogP contribution in [0.2, 0.25) is 0 Å². The van der Waals surface area contributed by atoms with Crippen LogP contribution in [0.1, 0.15) is 41.0 Å². The fourth-order valence-corrected chi connectivity index (χ4v) is 2.53. The van der Waals surface area contributed by atoms with Gasteiger partial charge in [0.25, 0.3) is 11.8 Å². The van der Waals surface area contributed by atoms with Crippen LogP contribution in [0.4, 0.5) is 5.69 Å². The Labute approximate surface area is 135 Å². The van der Waals surface area contributed by atoms with Crippen molar-refractivity contribution in [3.05, 3.63) is 59.7 Å². The standard InChI is InChI=1S/C19H19NO3/c1-13(2)11-12-23-15-9-7-14(8-10-15)20-18(21)16-5-3-4-6-17(16)19(20)22/h3-10,13H,11-12H2,1-2H3. The van der Waals surface area contributed by atoms with Gasteiger partial charge in [0, 0.05) is 0 Å². The van der Waals surface area contributed by atoms with Gasteiger partial charge in [0.15, 0.2) is 0 Å². The van der Waals surface area contributed by atoms with Crippen LogP contribution in [0.3, 0.4) is 0 Å². The Morgan fingerprint density at radius 1 is 0.913 bits per heavy atom. The first-order chi connectivity index (χ1) is 11.1. The predicted molar refractivity (Wildman–Crippen MR) is 89.0 cm³/mol. The lowest BCUT2D eigenvalue weighted by atomic mass is 10.1. The zero-order valence-corrected chi connectivity index (χ0v) is 13.3. The van der Waals surface area contributed by atoms with E-state index in [0.29, 0.717) is 29.3 Å². The SMILES string of the molecule is CC(C)CCOc1ccc(N2C(=O)c3ccccc3C2=O)cc1. The van der Waals surface area contributed by atoms with Crippen molar-refractivity contribution in [2.75, 3.05) is 11.5 Å². The number of benzene rings is 2. The Hall–Kier alpha value is -2.62. The molecule has 1 heterocycles. The molecule has 0 saturated carbocycles. The Morgan fingerprint density at radius 3 is 2.00 bits per heavy atom. The lowest BCUT2D eigenvalue weighted by Gasteiger charge is -2.15. The lowest BCUT2D eigenvalue weighted by Crippen LogP contribution is -2.29. The maximum atomic E-state index is 12.4. The summed E-state index contributed by atoms with van der Waals surface area (Å²) in [5.74, 6) is 0.775. The molecule has 3 rings (SSSR count). The summed E-state index contributed by atoms with van der Waals surface area (Å²) in [6, 6.07) is 14.0. The highest BCUT2D eigenvalue weighted by Gasteiger charge is 2.36. The molecule has 4 heteroatoms. The van der Waals surface area contributed by atoms with Gasteiger partial charge in [0.05, 0.1) is 23.4 Å². The molecule has 2 aromatic rings. The summed E-state index contributed by atoms with van der Waals surface area (Å²) in [4.78, 5) is 26.0. The third kappa shape index (κ3) is 2.97. The Kier molecular flexibility index (Phi) is 4.15. The summed E-state index contributed by atoms with van der Waals surface area (Å²) in [6.45, 7) is 4.95. The van der Waals surface area contributed by atoms with Gasteiger partial charge in [-0.05, 0) is 48.7 Å². The average Bonchev–Trinajstić information content (AvgIpc) is 2.80. The third-order valence-electron chi connectivity index (χ3n) is 3.85. The second-order valence-electron chi connectivity index (χ2n) is 6.02. The number of anilines is 1. The molecule has 0 unspecified atom stereocenters. The summed E-state index contributed by atoms with van der Waals surface area (Å²) in [6.07, 6.45) is 0.986. The minimum atomic E-state index is -0.279. The van der Waals surface area contributed by atoms with Gasteiger partial charge < -0.3 is 4.74 Å². The van der Waals surface area contributed by atoms with Gasteiger partial charge in [-0.2, -0.15) is 0 Å².